The third-order valence-corrected chi connectivity index (χ3v) is 5.04. The number of nitrogens with two attached hydrogens (primary N) is 1. The van der Waals surface area contributed by atoms with E-state index in [-0.39, 0.29) is 23.8 Å². The number of halogens is 1. The zero-order chi connectivity index (χ0) is 14.8. The molecule has 0 radical (unpaired) electrons. The first-order valence-corrected chi connectivity index (χ1v) is 7.92. The zero-order valence-corrected chi connectivity index (χ0v) is 13.0. The molecule has 0 aliphatic rings. The molecule has 1 heterocycles. The van der Waals surface area contributed by atoms with Crippen LogP contribution in [0.4, 0.5) is 0 Å². The van der Waals surface area contributed by atoms with Crippen LogP contribution in [0.5, 0.6) is 0 Å². The molecule has 2 rings (SSSR count). The van der Waals surface area contributed by atoms with Crippen LogP contribution < -0.4 is 10.5 Å². The summed E-state index contributed by atoms with van der Waals surface area (Å²) in [5.74, 6) is 0.264. The summed E-state index contributed by atoms with van der Waals surface area (Å²) in [5, 5.41) is 13.0. The van der Waals surface area contributed by atoms with E-state index in [1.807, 2.05) is 0 Å². The molecule has 1 aromatic heterocycles. The van der Waals surface area contributed by atoms with E-state index >= 15 is 0 Å². The van der Waals surface area contributed by atoms with Crippen LogP contribution in [-0.4, -0.2) is 29.0 Å². The van der Waals surface area contributed by atoms with Crippen LogP contribution in [0.25, 0.3) is 0 Å². The minimum atomic E-state index is -3.68. The lowest BCUT2D eigenvalue weighted by atomic mass is 10.1. The normalized spacial score (nSPS) is 11.8. The number of nitrogens with zero attached hydrogens (tertiary/aromatic N) is 3. The smallest absolute Gasteiger partial charge is 0.241 e. The van der Waals surface area contributed by atoms with Crippen molar-refractivity contribution in [1.82, 2.24) is 25.3 Å². The van der Waals surface area contributed by atoms with Crippen LogP contribution >= 0.6 is 15.9 Å². The Hall–Kier alpha value is -1.36. The van der Waals surface area contributed by atoms with Gasteiger partial charge in [0, 0.05) is 11.0 Å². The van der Waals surface area contributed by atoms with E-state index in [1.54, 1.807) is 19.1 Å². The van der Waals surface area contributed by atoms with E-state index < -0.39 is 10.0 Å². The number of aromatic amines is 1. The Morgan fingerprint density at radius 1 is 1.45 bits per heavy atom. The summed E-state index contributed by atoms with van der Waals surface area (Å²) in [7, 11) is -3.68. The first kappa shape index (κ1) is 15.0. The monoisotopic (exact) mass is 360 g/mol. The van der Waals surface area contributed by atoms with Gasteiger partial charge in [-0.05, 0) is 30.2 Å². The Balaban J connectivity index is 2.31. The van der Waals surface area contributed by atoms with E-state index in [0.717, 1.165) is 5.56 Å². The Morgan fingerprint density at radius 2 is 2.20 bits per heavy atom. The van der Waals surface area contributed by atoms with Gasteiger partial charge in [-0.3, -0.25) is 0 Å². The van der Waals surface area contributed by atoms with E-state index in [2.05, 4.69) is 41.3 Å². The summed E-state index contributed by atoms with van der Waals surface area (Å²) in [5.41, 5.74) is 6.90. The number of hydrogen-bond donors (Lipinski definition) is 3. The van der Waals surface area contributed by atoms with E-state index in [1.165, 1.54) is 0 Å². The number of benzene rings is 1. The standard InChI is InChI=1S/C10H13BrN6O2S/c1-6-8(11)2-7(4-12)3-9(6)20(18,19)13-5-10-14-16-17-15-10/h2-3,13H,4-5,12H2,1H3,(H,14,15,16,17). The van der Waals surface area contributed by atoms with Crippen molar-refractivity contribution in [3.63, 3.8) is 0 Å². The van der Waals surface area contributed by atoms with Gasteiger partial charge >= 0.3 is 0 Å². The van der Waals surface area contributed by atoms with Crippen LogP contribution in [0.2, 0.25) is 0 Å². The minimum absolute atomic E-state index is 0.0389. The molecule has 2 aromatic rings. The van der Waals surface area contributed by atoms with Crippen molar-refractivity contribution in [3.05, 3.63) is 33.6 Å². The average molecular weight is 361 g/mol. The predicted octanol–water partition coefficient (Wildman–Crippen LogP) is 0.208. The van der Waals surface area contributed by atoms with Crippen LogP contribution in [0.1, 0.15) is 17.0 Å². The molecule has 0 aliphatic heterocycles. The van der Waals surface area contributed by atoms with Gasteiger partial charge in [-0.15, -0.1) is 10.2 Å². The van der Waals surface area contributed by atoms with Crippen LogP contribution in [0.3, 0.4) is 0 Å². The highest BCUT2D eigenvalue weighted by molar-refractivity contribution is 9.10. The first-order chi connectivity index (χ1) is 9.44. The molecule has 1 aromatic carbocycles. The summed E-state index contributed by atoms with van der Waals surface area (Å²) in [6.45, 7) is 1.93. The van der Waals surface area contributed by atoms with E-state index in [0.29, 0.717) is 10.0 Å². The summed E-state index contributed by atoms with van der Waals surface area (Å²) < 4.78 is 27.7. The number of tetrazole rings is 1. The SMILES string of the molecule is Cc1c(Br)cc(CN)cc1S(=O)(=O)NCc1nn[nH]n1. The fourth-order valence-corrected chi connectivity index (χ4v) is 3.53. The Morgan fingerprint density at radius 3 is 2.80 bits per heavy atom. The van der Waals surface area contributed by atoms with E-state index in [9.17, 15) is 8.42 Å². The molecule has 0 spiro atoms. The van der Waals surface area contributed by atoms with Crippen molar-refractivity contribution >= 4 is 26.0 Å². The molecule has 20 heavy (non-hydrogen) atoms. The summed E-state index contributed by atoms with van der Waals surface area (Å²) in [4.78, 5) is 0.177. The van der Waals surface area contributed by atoms with Crippen LogP contribution in [0, 0.1) is 6.92 Å². The number of hydrogen-bond acceptors (Lipinski definition) is 6. The largest absolute Gasteiger partial charge is 0.326 e. The maximum Gasteiger partial charge on any atom is 0.241 e. The molecule has 10 heteroatoms. The Bertz CT molecular complexity index is 701. The number of H-pyrrole nitrogens is 1. The molecular weight excluding hydrogens is 348 g/mol. The summed E-state index contributed by atoms with van der Waals surface area (Å²) in [6, 6.07) is 3.35. The van der Waals surface area contributed by atoms with Crippen molar-refractivity contribution in [2.45, 2.75) is 24.9 Å². The van der Waals surface area contributed by atoms with Crippen molar-refractivity contribution < 1.29 is 8.42 Å². The van der Waals surface area contributed by atoms with Gasteiger partial charge in [-0.1, -0.05) is 21.1 Å². The van der Waals surface area contributed by atoms with Crippen LogP contribution in [0.15, 0.2) is 21.5 Å². The minimum Gasteiger partial charge on any atom is -0.326 e. The van der Waals surface area contributed by atoms with Gasteiger partial charge in [0.2, 0.25) is 10.0 Å². The lowest BCUT2D eigenvalue weighted by Crippen LogP contribution is -2.25. The summed E-state index contributed by atoms with van der Waals surface area (Å²) in [6.07, 6.45) is 0. The molecule has 8 nitrogen and oxygen atoms in total. The van der Waals surface area contributed by atoms with Gasteiger partial charge in [0.1, 0.15) is 0 Å². The molecule has 0 bridgehead atoms. The second kappa shape index (κ2) is 5.95. The van der Waals surface area contributed by atoms with Crippen molar-refractivity contribution in [2.75, 3.05) is 0 Å². The number of sulfonamides is 1. The van der Waals surface area contributed by atoms with Gasteiger partial charge < -0.3 is 5.73 Å². The molecule has 0 saturated carbocycles. The topological polar surface area (TPSA) is 127 Å². The molecule has 0 atom stereocenters. The highest BCUT2D eigenvalue weighted by Gasteiger charge is 2.19. The zero-order valence-electron chi connectivity index (χ0n) is 10.6. The van der Waals surface area contributed by atoms with Gasteiger partial charge in [-0.2, -0.15) is 5.21 Å². The lowest BCUT2D eigenvalue weighted by molar-refractivity contribution is 0.578. The number of aromatic nitrogens is 4. The Kier molecular flexibility index (Phi) is 4.48. The van der Waals surface area contributed by atoms with Crippen molar-refractivity contribution in [2.24, 2.45) is 5.73 Å². The third-order valence-electron chi connectivity index (χ3n) is 2.69. The highest BCUT2D eigenvalue weighted by atomic mass is 79.9. The fraction of sp³-hybridized carbons (Fsp3) is 0.300. The third kappa shape index (κ3) is 3.20. The maximum atomic E-state index is 12.3. The molecule has 4 N–H and O–H groups in total. The lowest BCUT2D eigenvalue weighted by Gasteiger charge is -2.11. The molecule has 0 unspecified atom stereocenters. The molecule has 0 amide bonds. The van der Waals surface area contributed by atoms with Gasteiger partial charge in [-0.25, -0.2) is 13.1 Å². The Labute approximate surface area is 124 Å². The quantitative estimate of drug-likeness (QED) is 0.699. The molecule has 0 saturated heterocycles. The van der Waals surface area contributed by atoms with Crippen LogP contribution in [-0.2, 0) is 23.1 Å². The predicted molar refractivity (Wildman–Crippen MR) is 75.0 cm³/mol. The van der Waals surface area contributed by atoms with Gasteiger partial charge in [0.05, 0.1) is 11.4 Å². The van der Waals surface area contributed by atoms with Crippen molar-refractivity contribution in [1.29, 1.82) is 0 Å². The average Bonchev–Trinajstić information content (AvgIpc) is 2.92. The number of nitrogens with one attached hydrogen (secondary N) is 2. The molecule has 0 fully saturated rings. The first-order valence-electron chi connectivity index (χ1n) is 5.65. The molecular formula is C10H13BrN6O2S. The molecule has 0 aliphatic carbocycles. The van der Waals surface area contributed by atoms with Crippen molar-refractivity contribution in [3.8, 4) is 0 Å². The fourth-order valence-electron chi connectivity index (χ4n) is 1.60. The highest BCUT2D eigenvalue weighted by Crippen LogP contribution is 2.25. The maximum absolute atomic E-state index is 12.3. The van der Waals surface area contributed by atoms with Gasteiger partial charge in [0.25, 0.3) is 0 Å². The van der Waals surface area contributed by atoms with Gasteiger partial charge in [0.15, 0.2) is 5.82 Å². The van der Waals surface area contributed by atoms with E-state index in [4.69, 9.17) is 5.73 Å². The number of rotatable bonds is 5. The second-order valence-electron chi connectivity index (χ2n) is 4.06. The second-order valence-corrected chi connectivity index (χ2v) is 6.65. The summed E-state index contributed by atoms with van der Waals surface area (Å²) >= 11 is 3.33. The molecule has 108 valence electrons.